The Kier molecular flexibility index (Phi) is 5.72. The highest BCUT2D eigenvalue weighted by Gasteiger charge is 2.21. The molecule has 9 nitrogen and oxygen atoms in total. The van der Waals surface area contributed by atoms with E-state index in [1.165, 1.54) is 15.9 Å². The lowest BCUT2D eigenvalue weighted by Crippen LogP contribution is -2.28. The van der Waals surface area contributed by atoms with Crippen LogP contribution < -0.4 is 15.6 Å². The van der Waals surface area contributed by atoms with Gasteiger partial charge >= 0.3 is 0 Å². The lowest BCUT2D eigenvalue weighted by molar-refractivity contribution is -0.116. The molecule has 3 aromatic heterocycles. The van der Waals surface area contributed by atoms with Gasteiger partial charge in [-0.3, -0.25) is 14.2 Å². The summed E-state index contributed by atoms with van der Waals surface area (Å²) in [5, 5.41) is 8.14. The number of fused-ring (bicyclic) bond motifs is 2. The molecule has 1 amide bonds. The fraction of sp³-hybridized carbons (Fsp3) is 0.409. The molecule has 0 unspecified atom stereocenters. The van der Waals surface area contributed by atoms with Crippen LogP contribution in [0.25, 0.3) is 21.3 Å². The molecule has 0 bridgehead atoms. The number of amides is 1. The number of benzene rings is 1. The van der Waals surface area contributed by atoms with Crippen LogP contribution in [0.5, 0.6) is 5.75 Å². The number of aromatic nitrogens is 5. The lowest BCUT2D eigenvalue weighted by Gasteiger charge is -2.20. The molecule has 32 heavy (non-hydrogen) atoms. The Balaban J connectivity index is 1.49. The maximum atomic E-state index is 13.0. The standard InChI is InChI=1S/C22H26N6O3S/c1-6-31-14-7-8-16-17(11-14)32-21(25-16)26-18(29)9-10-27-13(2)24-19-15(20(27)30)12-23-28(19)22(3,4)5/h7-8,11-12H,6,9-10H2,1-5H3,(H,25,26,29). The van der Waals surface area contributed by atoms with E-state index in [-0.39, 0.29) is 30.0 Å². The van der Waals surface area contributed by atoms with Gasteiger partial charge in [-0.2, -0.15) is 5.10 Å². The summed E-state index contributed by atoms with van der Waals surface area (Å²) < 4.78 is 9.71. The Bertz CT molecular complexity index is 1360. The lowest BCUT2D eigenvalue weighted by atomic mass is 10.1. The molecule has 0 atom stereocenters. The minimum absolute atomic E-state index is 0.126. The highest BCUT2D eigenvalue weighted by atomic mass is 32.1. The molecule has 0 aliphatic heterocycles. The molecule has 1 aromatic carbocycles. The number of carbonyl (C=O) groups excluding carboxylic acids is 1. The van der Waals surface area contributed by atoms with Gasteiger partial charge in [-0.05, 0) is 52.8 Å². The molecule has 10 heteroatoms. The number of hydrogen-bond acceptors (Lipinski definition) is 7. The average Bonchev–Trinajstić information content (AvgIpc) is 3.31. The molecular formula is C22H26N6O3S. The fourth-order valence-corrected chi connectivity index (χ4v) is 4.38. The minimum Gasteiger partial charge on any atom is -0.494 e. The van der Waals surface area contributed by atoms with Crippen molar-refractivity contribution in [2.45, 2.75) is 53.1 Å². The zero-order valence-electron chi connectivity index (χ0n) is 18.8. The Labute approximate surface area is 189 Å². The van der Waals surface area contributed by atoms with Gasteiger partial charge in [0.1, 0.15) is 17.0 Å². The number of nitrogens with one attached hydrogen (secondary N) is 1. The highest BCUT2D eigenvalue weighted by Crippen LogP contribution is 2.29. The maximum Gasteiger partial charge on any atom is 0.264 e. The number of ether oxygens (including phenoxy) is 1. The summed E-state index contributed by atoms with van der Waals surface area (Å²) in [6.45, 7) is 10.5. The Morgan fingerprint density at radius 2 is 2.03 bits per heavy atom. The summed E-state index contributed by atoms with van der Waals surface area (Å²) in [6.07, 6.45) is 1.67. The van der Waals surface area contributed by atoms with Crippen LogP contribution in [0.4, 0.5) is 5.13 Å². The van der Waals surface area contributed by atoms with Gasteiger partial charge in [0.2, 0.25) is 5.91 Å². The number of rotatable bonds is 6. The van der Waals surface area contributed by atoms with E-state index < -0.39 is 0 Å². The Hall–Kier alpha value is -3.27. The normalized spacial score (nSPS) is 11.9. The molecule has 0 aliphatic rings. The van der Waals surface area contributed by atoms with Crippen molar-refractivity contribution < 1.29 is 9.53 Å². The summed E-state index contributed by atoms with van der Waals surface area (Å²) in [6, 6.07) is 5.64. The van der Waals surface area contributed by atoms with Crippen molar-refractivity contribution in [2.75, 3.05) is 11.9 Å². The molecule has 0 spiro atoms. The van der Waals surface area contributed by atoms with Crippen LogP contribution in [0.1, 0.15) is 39.9 Å². The number of anilines is 1. The molecule has 3 heterocycles. The Morgan fingerprint density at radius 1 is 1.25 bits per heavy atom. The molecule has 0 aliphatic carbocycles. The smallest absolute Gasteiger partial charge is 0.264 e. The first-order valence-corrected chi connectivity index (χ1v) is 11.3. The molecule has 168 valence electrons. The van der Waals surface area contributed by atoms with Gasteiger partial charge < -0.3 is 10.1 Å². The van der Waals surface area contributed by atoms with Crippen LogP contribution in [0, 0.1) is 6.92 Å². The van der Waals surface area contributed by atoms with E-state index in [0.29, 0.717) is 28.6 Å². The van der Waals surface area contributed by atoms with Crippen LogP contribution in [0.3, 0.4) is 0 Å². The van der Waals surface area contributed by atoms with Crippen molar-refractivity contribution in [3.63, 3.8) is 0 Å². The van der Waals surface area contributed by atoms with E-state index in [4.69, 9.17) is 4.74 Å². The third kappa shape index (κ3) is 4.22. The predicted octanol–water partition coefficient (Wildman–Crippen LogP) is 3.69. The first-order chi connectivity index (χ1) is 15.2. The molecule has 1 N–H and O–H groups in total. The van der Waals surface area contributed by atoms with Gasteiger partial charge in [0.15, 0.2) is 10.8 Å². The molecule has 0 saturated heterocycles. The highest BCUT2D eigenvalue weighted by molar-refractivity contribution is 7.22. The van der Waals surface area contributed by atoms with Crippen molar-refractivity contribution in [3.8, 4) is 5.75 Å². The molecule has 4 rings (SSSR count). The molecular weight excluding hydrogens is 428 g/mol. The van der Waals surface area contributed by atoms with E-state index >= 15 is 0 Å². The summed E-state index contributed by atoms with van der Waals surface area (Å²) in [4.78, 5) is 34.5. The Morgan fingerprint density at radius 3 is 2.75 bits per heavy atom. The second-order valence-corrected chi connectivity index (χ2v) is 9.49. The largest absolute Gasteiger partial charge is 0.494 e. The van der Waals surface area contributed by atoms with Crippen molar-refractivity contribution in [1.29, 1.82) is 0 Å². The zero-order chi connectivity index (χ0) is 23.0. The van der Waals surface area contributed by atoms with E-state index in [2.05, 4.69) is 20.4 Å². The first kappa shape index (κ1) is 21.9. The van der Waals surface area contributed by atoms with Gasteiger partial charge in [0.05, 0.1) is 28.6 Å². The SMILES string of the molecule is CCOc1ccc2nc(NC(=O)CCn3c(C)nc4c(cnn4C(C)(C)C)c3=O)sc2c1. The summed E-state index contributed by atoms with van der Waals surface area (Å²) in [7, 11) is 0. The third-order valence-electron chi connectivity index (χ3n) is 4.99. The fourth-order valence-electron chi connectivity index (χ4n) is 3.47. The second-order valence-electron chi connectivity index (χ2n) is 8.46. The predicted molar refractivity (Wildman–Crippen MR) is 126 cm³/mol. The van der Waals surface area contributed by atoms with E-state index in [9.17, 15) is 9.59 Å². The van der Waals surface area contributed by atoms with Crippen LogP contribution in [-0.2, 0) is 16.9 Å². The molecule has 0 fully saturated rings. The zero-order valence-corrected chi connectivity index (χ0v) is 19.6. The molecule has 0 saturated carbocycles. The molecule has 0 radical (unpaired) electrons. The summed E-state index contributed by atoms with van der Waals surface area (Å²) in [5.74, 6) is 1.10. The van der Waals surface area contributed by atoms with Gasteiger partial charge in [0.25, 0.3) is 5.56 Å². The van der Waals surface area contributed by atoms with Crippen LogP contribution in [-0.4, -0.2) is 36.8 Å². The van der Waals surface area contributed by atoms with Gasteiger partial charge in [0, 0.05) is 13.0 Å². The number of carbonyl (C=O) groups is 1. The van der Waals surface area contributed by atoms with Gasteiger partial charge in [-0.25, -0.2) is 14.6 Å². The monoisotopic (exact) mass is 454 g/mol. The second kappa shape index (κ2) is 8.34. The van der Waals surface area contributed by atoms with Crippen LogP contribution in [0.2, 0.25) is 0 Å². The van der Waals surface area contributed by atoms with Gasteiger partial charge in [-0.15, -0.1) is 0 Å². The van der Waals surface area contributed by atoms with Crippen LogP contribution in [0.15, 0.2) is 29.2 Å². The van der Waals surface area contributed by atoms with E-state index in [0.717, 1.165) is 16.0 Å². The van der Waals surface area contributed by atoms with Crippen molar-refractivity contribution >= 4 is 43.6 Å². The van der Waals surface area contributed by atoms with E-state index in [1.807, 2.05) is 45.9 Å². The third-order valence-corrected chi connectivity index (χ3v) is 5.93. The number of nitrogens with zero attached hydrogens (tertiary/aromatic N) is 5. The average molecular weight is 455 g/mol. The quantitative estimate of drug-likeness (QED) is 0.476. The maximum absolute atomic E-state index is 13.0. The van der Waals surface area contributed by atoms with E-state index in [1.54, 1.807) is 17.8 Å². The number of thiazole rings is 1. The van der Waals surface area contributed by atoms with Crippen LogP contribution >= 0.6 is 11.3 Å². The number of hydrogen-bond donors (Lipinski definition) is 1. The molecule has 4 aromatic rings. The number of aryl methyl sites for hydroxylation is 1. The van der Waals surface area contributed by atoms with Crippen molar-refractivity contribution in [1.82, 2.24) is 24.3 Å². The van der Waals surface area contributed by atoms with Gasteiger partial charge in [-0.1, -0.05) is 11.3 Å². The minimum atomic E-state index is -0.291. The summed E-state index contributed by atoms with van der Waals surface area (Å²) in [5.41, 5.74) is 0.868. The van der Waals surface area contributed by atoms with Crippen molar-refractivity contribution in [3.05, 3.63) is 40.6 Å². The topological polar surface area (TPSA) is 104 Å². The first-order valence-electron chi connectivity index (χ1n) is 10.5. The van der Waals surface area contributed by atoms with Crippen molar-refractivity contribution in [2.24, 2.45) is 0 Å². The summed E-state index contributed by atoms with van der Waals surface area (Å²) >= 11 is 1.39.